The second kappa shape index (κ2) is 6.81. The van der Waals surface area contributed by atoms with Crippen molar-refractivity contribution in [1.29, 1.82) is 0 Å². The zero-order valence-electron chi connectivity index (χ0n) is 15.2. The summed E-state index contributed by atoms with van der Waals surface area (Å²) in [6, 6.07) is 12.5. The van der Waals surface area contributed by atoms with Crippen LogP contribution in [0.3, 0.4) is 0 Å². The highest BCUT2D eigenvalue weighted by Gasteiger charge is 2.26. The molecule has 4 rings (SSSR count). The number of anilines is 2. The Morgan fingerprint density at radius 3 is 2.35 bits per heavy atom. The van der Waals surface area contributed by atoms with Crippen molar-refractivity contribution in [2.75, 3.05) is 23.3 Å². The second-order valence-corrected chi connectivity index (χ2v) is 7.71. The van der Waals surface area contributed by atoms with Gasteiger partial charge in [0.2, 0.25) is 0 Å². The summed E-state index contributed by atoms with van der Waals surface area (Å²) in [6.45, 7) is 6.20. The minimum atomic E-state index is -0.0475. The highest BCUT2D eigenvalue weighted by atomic mass is 35.5. The van der Waals surface area contributed by atoms with E-state index in [1.807, 2.05) is 26.0 Å². The summed E-state index contributed by atoms with van der Waals surface area (Å²) in [7, 11) is 0. The topological polar surface area (TPSA) is 32.3 Å². The largest absolute Gasteiger partial charge is 0.372 e. The van der Waals surface area contributed by atoms with Gasteiger partial charge in [-0.3, -0.25) is 4.79 Å². The van der Waals surface area contributed by atoms with Gasteiger partial charge in [0.25, 0.3) is 5.91 Å². The second-order valence-electron chi connectivity index (χ2n) is 7.30. The number of benzene rings is 2. The Balaban J connectivity index is 1.70. The van der Waals surface area contributed by atoms with Crippen LogP contribution in [0.4, 0.5) is 11.4 Å². The minimum absolute atomic E-state index is 0.0475. The number of allylic oxidation sites excluding steroid dienone is 1. The first-order valence-electron chi connectivity index (χ1n) is 9.23. The zero-order valence-corrected chi connectivity index (χ0v) is 16.0. The Labute approximate surface area is 159 Å². The third-order valence-corrected chi connectivity index (χ3v) is 5.56. The fraction of sp³-hybridized carbons (Fsp3) is 0.318. The Kier molecular flexibility index (Phi) is 4.49. The van der Waals surface area contributed by atoms with Gasteiger partial charge < -0.3 is 10.2 Å². The summed E-state index contributed by atoms with van der Waals surface area (Å²) in [4.78, 5) is 14.7. The van der Waals surface area contributed by atoms with Crippen molar-refractivity contribution in [3.8, 4) is 11.1 Å². The molecule has 1 saturated heterocycles. The fourth-order valence-electron chi connectivity index (χ4n) is 3.91. The summed E-state index contributed by atoms with van der Waals surface area (Å²) >= 11 is 6.53. The van der Waals surface area contributed by atoms with Crippen LogP contribution in [0, 0.1) is 0 Å². The van der Waals surface area contributed by atoms with E-state index in [0.29, 0.717) is 5.02 Å². The monoisotopic (exact) mass is 366 g/mol. The molecule has 4 heteroatoms. The van der Waals surface area contributed by atoms with Crippen LogP contribution < -0.4 is 10.2 Å². The number of nitrogens with zero attached hydrogens (tertiary/aromatic N) is 1. The highest BCUT2D eigenvalue weighted by Crippen LogP contribution is 2.41. The Bertz CT molecular complexity index is 889. The first kappa shape index (κ1) is 17.2. The molecule has 2 aromatic carbocycles. The molecule has 2 aliphatic heterocycles. The van der Waals surface area contributed by atoms with Crippen molar-refractivity contribution >= 4 is 34.5 Å². The lowest BCUT2D eigenvalue weighted by atomic mass is 9.97. The summed E-state index contributed by atoms with van der Waals surface area (Å²) in [6.07, 6.45) is 3.87. The molecule has 0 bridgehead atoms. The van der Waals surface area contributed by atoms with Crippen molar-refractivity contribution in [2.24, 2.45) is 0 Å². The van der Waals surface area contributed by atoms with E-state index >= 15 is 0 Å². The maximum absolute atomic E-state index is 12.2. The zero-order chi connectivity index (χ0) is 18.3. The maximum atomic E-state index is 12.2. The molecule has 2 aliphatic rings. The SMILES string of the molecule is CC(C)=C1C(=O)Nc2cc(Cl)c(-c3ccc(N4CCCCC4)cc3)cc21. The molecule has 0 aromatic heterocycles. The van der Waals surface area contributed by atoms with Crippen molar-refractivity contribution in [3.63, 3.8) is 0 Å². The van der Waals surface area contributed by atoms with E-state index in [1.54, 1.807) is 0 Å². The van der Waals surface area contributed by atoms with E-state index < -0.39 is 0 Å². The molecule has 1 amide bonds. The van der Waals surface area contributed by atoms with Gasteiger partial charge in [-0.05, 0) is 62.9 Å². The molecule has 0 unspecified atom stereocenters. The van der Waals surface area contributed by atoms with Crippen LogP contribution in [0.1, 0.15) is 38.7 Å². The number of rotatable bonds is 2. The highest BCUT2D eigenvalue weighted by molar-refractivity contribution is 6.36. The quantitative estimate of drug-likeness (QED) is 0.687. The maximum Gasteiger partial charge on any atom is 0.256 e. The van der Waals surface area contributed by atoms with Crippen LogP contribution in [0.5, 0.6) is 0 Å². The number of piperidine rings is 1. The molecule has 0 spiro atoms. The molecule has 1 N–H and O–H groups in total. The Hall–Kier alpha value is -2.26. The molecule has 2 aromatic rings. The molecule has 26 heavy (non-hydrogen) atoms. The van der Waals surface area contributed by atoms with Gasteiger partial charge in [-0.25, -0.2) is 0 Å². The van der Waals surface area contributed by atoms with Crippen molar-refractivity contribution < 1.29 is 4.79 Å². The molecule has 3 nitrogen and oxygen atoms in total. The third kappa shape index (κ3) is 3.01. The number of fused-ring (bicyclic) bond motifs is 1. The van der Waals surface area contributed by atoms with E-state index in [2.05, 4.69) is 34.5 Å². The third-order valence-electron chi connectivity index (χ3n) is 5.25. The van der Waals surface area contributed by atoms with Gasteiger partial charge in [-0.2, -0.15) is 0 Å². The van der Waals surface area contributed by atoms with E-state index in [0.717, 1.165) is 46.6 Å². The molecular formula is C22H23ClN2O. The first-order valence-corrected chi connectivity index (χ1v) is 9.60. The molecule has 0 saturated carbocycles. The molecule has 0 radical (unpaired) electrons. The van der Waals surface area contributed by atoms with Crippen molar-refractivity contribution in [2.45, 2.75) is 33.1 Å². The van der Waals surface area contributed by atoms with Crippen molar-refractivity contribution in [3.05, 3.63) is 52.6 Å². The Morgan fingerprint density at radius 2 is 1.69 bits per heavy atom. The lowest BCUT2D eigenvalue weighted by Crippen LogP contribution is -2.29. The average Bonchev–Trinajstić information content (AvgIpc) is 2.96. The van der Waals surface area contributed by atoms with Crippen LogP contribution in [-0.4, -0.2) is 19.0 Å². The van der Waals surface area contributed by atoms with Gasteiger partial charge in [0.15, 0.2) is 0 Å². The van der Waals surface area contributed by atoms with Crippen LogP contribution in [0.2, 0.25) is 5.02 Å². The number of carbonyl (C=O) groups is 1. The lowest BCUT2D eigenvalue weighted by molar-refractivity contribution is -0.110. The number of hydrogen-bond acceptors (Lipinski definition) is 2. The number of halogens is 1. The summed E-state index contributed by atoms with van der Waals surface area (Å²) in [5.41, 5.74) is 6.81. The van der Waals surface area contributed by atoms with Crippen LogP contribution in [0.15, 0.2) is 42.0 Å². The molecule has 1 fully saturated rings. The van der Waals surface area contributed by atoms with E-state index in [4.69, 9.17) is 11.6 Å². The van der Waals surface area contributed by atoms with Crippen LogP contribution in [0.25, 0.3) is 16.7 Å². The number of carbonyl (C=O) groups excluding carboxylic acids is 1. The first-order chi connectivity index (χ1) is 12.5. The van der Waals surface area contributed by atoms with Gasteiger partial charge in [0.1, 0.15) is 0 Å². The van der Waals surface area contributed by atoms with Gasteiger partial charge in [-0.1, -0.05) is 29.3 Å². The van der Waals surface area contributed by atoms with Crippen molar-refractivity contribution in [1.82, 2.24) is 0 Å². The number of hydrogen-bond donors (Lipinski definition) is 1. The van der Waals surface area contributed by atoms with E-state index in [-0.39, 0.29) is 5.91 Å². The molecule has 0 atom stereocenters. The minimum Gasteiger partial charge on any atom is -0.372 e. The standard InChI is InChI=1S/C22H23ClN2O/c1-14(2)21-18-12-17(19(23)13-20(18)24-22(21)26)15-6-8-16(9-7-15)25-10-4-3-5-11-25/h6-9,12-13H,3-5,10-11H2,1-2H3,(H,24,26). The smallest absolute Gasteiger partial charge is 0.256 e. The van der Waals surface area contributed by atoms with Gasteiger partial charge in [0.05, 0.1) is 10.7 Å². The van der Waals surface area contributed by atoms with Crippen LogP contribution in [-0.2, 0) is 4.79 Å². The molecule has 2 heterocycles. The number of amides is 1. The predicted octanol–water partition coefficient (Wildman–Crippen LogP) is 5.74. The summed E-state index contributed by atoms with van der Waals surface area (Å²) < 4.78 is 0. The fourth-order valence-corrected chi connectivity index (χ4v) is 4.18. The molecular weight excluding hydrogens is 344 g/mol. The van der Waals surface area contributed by atoms with E-state index in [1.165, 1.54) is 24.9 Å². The van der Waals surface area contributed by atoms with Gasteiger partial charge in [-0.15, -0.1) is 0 Å². The Morgan fingerprint density at radius 1 is 1.00 bits per heavy atom. The molecule has 0 aliphatic carbocycles. The normalized spacial score (nSPS) is 16.5. The summed E-state index contributed by atoms with van der Waals surface area (Å²) in [5.74, 6) is -0.0475. The predicted molar refractivity (Wildman–Crippen MR) is 110 cm³/mol. The average molecular weight is 367 g/mol. The summed E-state index contributed by atoms with van der Waals surface area (Å²) in [5, 5.41) is 3.57. The van der Waals surface area contributed by atoms with Gasteiger partial charge >= 0.3 is 0 Å². The lowest BCUT2D eigenvalue weighted by Gasteiger charge is -2.28. The van der Waals surface area contributed by atoms with Gasteiger partial charge in [0, 0.05) is 35.5 Å². The number of nitrogens with one attached hydrogen (secondary N) is 1. The van der Waals surface area contributed by atoms with Crippen LogP contribution >= 0.6 is 11.6 Å². The van der Waals surface area contributed by atoms with E-state index in [9.17, 15) is 4.79 Å². The molecule has 134 valence electrons.